The van der Waals surface area contributed by atoms with Crippen LogP contribution in [0, 0.1) is 0 Å². The maximum Gasteiger partial charge on any atom is 0.407 e. The van der Waals surface area contributed by atoms with Gasteiger partial charge in [0.2, 0.25) is 11.8 Å². The van der Waals surface area contributed by atoms with E-state index in [2.05, 4.69) is 29.8 Å². The third kappa shape index (κ3) is 38.2. The molecule has 2 atom stereocenters. The molecular formula is C44H87N3O6. The molecule has 0 saturated carbocycles. The van der Waals surface area contributed by atoms with Gasteiger partial charge in [-0.05, 0) is 52.9 Å². The number of hydrogen-bond donors (Lipinski definition) is 3. The van der Waals surface area contributed by atoms with E-state index in [1.165, 1.54) is 142 Å². The van der Waals surface area contributed by atoms with Crippen molar-refractivity contribution < 1.29 is 28.6 Å². The Hall–Kier alpha value is -1.87. The molecule has 2 unspecified atom stereocenters. The van der Waals surface area contributed by atoms with Gasteiger partial charge in [-0.25, -0.2) is 4.79 Å². The molecule has 0 aromatic carbocycles. The third-order valence-electron chi connectivity index (χ3n) is 9.58. The highest BCUT2D eigenvalue weighted by Gasteiger charge is 2.21. The largest absolute Gasteiger partial charge is 0.444 e. The summed E-state index contributed by atoms with van der Waals surface area (Å²) in [5.41, 5.74) is -0.551. The van der Waals surface area contributed by atoms with Crippen molar-refractivity contribution in [1.29, 1.82) is 0 Å². The third-order valence-corrected chi connectivity index (χ3v) is 9.58. The van der Waals surface area contributed by atoms with E-state index in [4.69, 9.17) is 14.2 Å². The lowest BCUT2D eigenvalue weighted by atomic mass is 10.1. The Kier molecular flexibility index (Phi) is 35.8. The van der Waals surface area contributed by atoms with Crippen molar-refractivity contribution in [2.75, 3.05) is 32.9 Å². The molecule has 0 spiro atoms. The summed E-state index contributed by atoms with van der Waals surface area (Å²) in [6.07, 6.45) is 32.4. The molecule has 0 aliphatic carbocycles. The smallest absolute Gasteiger partial charge is 0.407 e. The van der Waals surface area contributed by atoms with Crippen LogP contribution in [0.5, 0.6) is 0 Å². The second kappa shape index (κ2) is 37.1. The van der Waals surface area contributed by atoms with E-state index < -0.39 is 17.7 Å². The Morgan fingerprint density at radius 2 is 1.02 bits per heavy atom. The molecule has 0 fully saturated rings. The summed E-state index contributed by atoms with van der Waals surface area (Å²) in [5, 5.41) is 8.56. The van der Waals surface area contributed by atoms with Crippen molar-refractivity contribution in [3.8, 4) is 0 Å². The van der Waals surface area contributed by atoms with E-state index in [9.17, 15) is 14.4 Å². The number of rotatable bonds is 38. The molecule has 0 aliphatic heterocycles. The van der Waals surface area contributed by atoms with Crippen LogP contribution in [-0.4, -0.2) is 68.6 Å². The van der Waals surface area contributed by atoms with Gasteiger partial charge in [-0.3, -0.25) is 9.59 Å². The summed E-state index contributed by atoms with van der Waals surface area (Å²) in [6, 6.07) is -0.645. The van der Waals surface area contributed by atoms with Crippen LogP contribution in [-0.2, 0) is 23.8 Å². The van der Waals surface area contributed by atoms with Crippen LogP contribution in [0.4, 0.5) is 4.79 Å². The van der Waals surface area contributed by atoms with Crippen LogP contribution < -0.4 is 16.0 Å². The van der Waals surface area contributed by atoms with E-state index in [-0.39, 0.29) is 17.9 Å². The molecular weight excluding hydrogens is 666 g/mol. The fourth-order valence-corrected chi connectivity index (χ4v) is 6.45. The molecule has 0 bridgehead atoms. The van der Waals surface area contributed by atoms with Gasteiger partial charge in [-0.2, -0.15) is 0 Å². The second-order valence-electron chi connectivity index (χ2n) is 16.3. The van der Waals surface area contributed by atoms with Gasteiger partial charge in [0, 0.05) is 33.2 Å². The maximum atomic E-state index is 13.2. The number of carbonyl (C=O) groups excluding carboxylic acids is 3. The van der Waals surface area contributed by atoms with Crippen molar-refractivity contribution in [2.45, 2.75) is 233 Å². The molecule has 3 amide bonds. The van der Waals surface area contributed by atoms with E-state index in [1.54, 1.807) is 0 Å². The maximum absolute atomic E-state index is 13.2. The van der Waals surface area contributed by atoms with Crippen molar-refractivity contribution in [1.82, 2.24) is 16.0 Å². The van der Waals surface area contributed by atoms with E-state index >= 15 is 0 Å². The highest BCUT2D eigenvalue weighted by molar-refractivity contribution is 5.86. The van der Waals surface area contributed by atoms with Gasteiger partial charge in [-0.1, -0.05) is 155 Å². The van der Waals surface area contributed by atoms with E-state index in [1.807, 2.05) is 20.8 Å². The number of ether oxygens (including phenoxy) is 3. The first-order chi connectivity index (χ1) is 25.6. The molecule has 0 saturated heterocycles. The highest BCUT2D eigenvalue weighted by atomic mass is 16.6. The zero-order valence-electron chi connectivity index (χ0n) is 35.7. The van der Waals surface area contributed by atoms with Crippen LogP contribution in [0.3, 0.4) is 0 Å². The van der Waals surface area contributed by atoms with Gasteiger partial charge in [0.05, 0.1) is 12.7 Å². The average Bonchev–Trinajstić information content (AvgIpc) is 3.10. The minimum Gasteiger partial charge on any atom is -0.444 e. The van der Waals surface area contributed by atoms with Crippen LogP contribution in [0.1, 0.15) is 215 Å². The monoisotopic (exact) mass is 754 g/mol. The average molecular weight is 754 g/mol. The van der Waals surface area contributed by atoms with Crippen LogP contribution in [0.15, 0.2) is 0 Å². The minimum absolute atomic E-state index is 0.222. The predicted molar refractivity (Wildman–Crippen MR) is 221 cm³/mol. The molecule has 9 heteroatoms. The SMILES string of the molecule is CCCCCCCCCCCCCCOCC(CNC(=O)C(CCCCNC(=O)OC(C)(C)C)NC(C)=O)OCCCCCCCCCCCCCC. The molecule has 0 rings (SSSR count). The summed E-state index contributed by atoms with van der Waals surface area (Å²) >= 11 is 0. The lowest BCUT2D eigenvalue weighted by Crippen LogP contribution is -2.48. The molecule has 0 aliphatic rings. The standard InChI is InChI=1S/C44H87N3O6/c1-7-9-11-13-15-17-19-21-23-25-27-31-35-51-38-40(52-36-32-28-26-24-22-20-18-16-14-12-10-8-2)37-46-42(49)41(47-39(3)48)33-29-30-34-45-43(50)53-44(4,5)6/h40-41H,7-38H2,1-6H3,(H,45,50)(H,46,49)(H,47,48). The van der Waals surface area contributed by atoms with Gasteiger partial charge in [0.1, 0.15) is 11.6 Å². The predicted octanol–water partition coefficient (Wildman–Crippen LogP) is 11.1. The van der Waals surface area contributed by atoms with E-state index in [0.717, 1.165) is 19.3 Å². The fraction of sp³-hybridized carbons (Fsp3) is 0.932. The molecule has 53 heavy (non-hydrogen) atoms. The number of carbonyl (C=O) groups is 3. The highest BCUT2D eigenvalue weighted by Crippen LogP contribution is 2.14. The van der Waals surface area contributed by atoms with Gasteiger partial charge in [-0.15, -0.1) is 0 Å². The van der Waals surface area contributed by atoms with Crippen LogP contribution in [0.25, 0.3) is 0 Å². The van der Waals surface area contributed by atoms with Crippen molar-refractivity contribution >= 4 is 17.9 Å². The minimum atomic E-state index is -0.645. The number of alkyl carbamates (subject to hydrolysis) is 1. The fourth-order valence-electron chi connectivity index (χ4n) is 6.45. The zero-order chi connectivity index (χ0) is 39.3. The van der Waals surface area contributed by atoms with Crippen molar-refractivity contribution in [3.05, 3.63) is 0 Å². The molecule has 314 valence electrons. The number of amides is 3. The first kappa shape index (κ1) is 51.1. The second-order valence-corrected chi connectivity index (χ2v) is 16.3. The first-order valence-electron chi connectivity index (χ1n) is 22.3. The molecule has 0 radical (unpaired) electrons. The Morgan fingerprint density at radius 1 is 0.566 bits per heavy atom. The van der Waals surface area contributed by atoms with Gasteiger partial charge in [0.25, 0.3) is 0 Å². The summed E-state index contributed by atoms with van der Waals surface area (Å²) in [7, 11) is 0. The summed E-state index contributed by atoms with van der Waals surface area (Å²) in [6.45, 7) is 14.0. The lowest BCUT2D eigenvalue weighted by molar-refractivity contribution is -0.129. The quantitative estimate of drug-likeness (QED) is 0.0541. The summed E-state index contributed by atoms with van der Waals surface area (Å²) in [4.78, 5) is 37.0. The zero-order valence-corrected chi connectivity index (χ0v) is 35.7. The van der Waals surface area contributed by atoms with Crippen LogP contribution >= 0.6 is 0 Å². The Labute approximate surface area is 327 Å². The normalized spacial score (nSPS) is 12.7. The van der Waals surface area contributed by atoms with Crippen molar-refractivity contribution in [2.24, 2.45) is 0 Å². The number of hydrogen-bond acceptors (Lipinski definition) is 6. The van der Waals surface area contributed by atoms with Gasteiger partial charge in [0.15, 0.2) is 0 Å². The number of nitrogens with one attached hydrogen (secondary N) is 3. The Morgan fingerprint density at radius 3 is 1.47 bits per heavy atom. The Bertz CT molecular complexity index is 849. The number of unbranched alkanes of at least 4 members (excludes halogenated alkanes) is 23. The molecule has 0 aromatic rings. The summed E-state index contributed by atoms with van der Waals surface area (Å²) in [5.74, 6) is -0.470. The Balaban J connectivity index is 4.57. The first-order valence-corrected chi connectivity index (χ1v) is 22.3. The molecule has 0 aromatic heterocycles. The molecule has 0 heterocycles. The lowest BCUT2D eigenvalue weighted by Gasteiger charge is -2.22. The van der Waals surface area contributed by atoms with Gasteiger partial charge >= 0.3 is 6.09 Å². The molecule has 3 N–H and O–H groups in total. The topological polar surface area (TPSA) is 115 Å². The van der Waals surface area contributed by atoms with Crippen LogP contribution in [0.2, 0.25) is 0 Å². The van der Waals surface area contributed by atoms with E-state index in [0.29, 0.717) is 52.2 Å². The summed E-state index contributed by atoms with van der Waals surface area (Å²) < 4.78 is 17.6. The van der Waals surface area contributed by atoms with Crippen molar-refractivity contribution in [3.63, 3.8) is 0 Å². The van der Waals surface area contributed by atoms with Gasteiger partial charge < -0.3 is 30.2 Å². The molecule has 9 nitrogen and oxygen atoms in total.